The summed E-state index contributed by atoms with van der Waals surface area (Å²) in [5.74, 6) is 0.566. The summed E-state index contributed by atoms with van der Waals surface area (Å²) >= 11 is 8.03. The zero-order valence-electron chi connectivity index (χ0n) is 13.2. The average Bonchev–Trinajstić information content (AvgIpc) is 2.54. The third-order valence-electron chi connectivity index (χ3n) is 3.62. The first-order chi connectivity index (χ1) is 10.4. The van der Waals surface area contributed by atoms with Crippen LogP contribution in [0.15, 0.2) is 12.3 Å². The number of thioether (sulfide) groups is 1. The van der Waals surface area contributed by atoms with Crippen LogP contribution >= 0.6 is 23.4 Å². The fourth-order valence-electron chi connectivity index (χ4n) is 2.00. The maximum Gasteiger partial charge on any atom is 0.255 e. The molecular formula is C15H22ClN3O2S. The van der Waals surface area contributed by atoms with Crippen LogP contribution in [0.1, 0.15) is 24.2 Å². The minimum absolute atomic E-state index is 0.0475. The van der Waals surface area contributed by atoms with E-state index >= 15 is 0 Å². The number of hydrogen-bond acceptors (Lipinski definition) is 5. The molecule has 0 bridgehead atoms. The van der Waals surface area contributed by atoms with Gasteiger partial charge in [0, 0.05) is 30.6 Å². The maximum absolute atomic E-state index is 12.4. The minimum atomic E-state index is -0.0475. The first-order valence-corrected chi connectivity index (χ1v) is 8.85. The van der Waals surface area contributed by atoms with Crippen molar-refractivity contribution in [3.8, 4) is 0 Å². The van der Waals surface area contributed by atoms with Crippen LogP contribution in [0.3, 0.4) is 0 Å². The number of halogens is 1. The number of ether oxygens (including phenoxy) is 1. The number of pyridine rings is 1. The molecule has 0 spiro atoms. The van der Waals surface area contributed by atoms with Crippen molar-refractivity contribution < 1.29 is 9.53 Å². The Morgan fingerprint density at radius 3 is 2.77 bits per heavy atom. The summed E-state index contributed by atoms with van der Waals surface area (Å²) in [6.45, 7) is 7.42. The molecule has 2 rings (SSSR count). The van der Waals surface area contributed by atoms with Crippen molar-refractivity contribution in [2.24, 2.45) is 0 Å². The molecule has 0 atom stereocenters. The van der Waals surface area contributed by atoms with Gasteiger partial charge in [-0.1, -0.05) is 11.6 Å². The highest BCUT2D eigenvalue weighted by molar-refractivity contribution is 7.99. The van der Waals surface area contributed by atoms with E-state index in [9.17, 15) is 4.79 Å². The molecule has 1 saturated heterocycles. The monoisotopic (exact) mass is 343 g/mol. The molecule has 1 fully saturated rings. The summed E-state index contributed by atoms with van der Waals surface area (Å²) in [6.07, 6.45) is 3.65. The van der Waals surface area contributed by atoms with Gasteiger partial charge in [-0.15, -0.1) is 0 Å². The van der Waals surface area contributed by atoms with Crippen LogP contribution in [0.25, 0.3) is 0 Å². The maximum atomic E-state index is 12.4. The van der Waals surface area contributed by atoms with E-state index in [1.54, 1.807) is 28.9 Å². The topological polar surface area (TPSA) is 54.5 Å². The van der Waals surface area contributed by atoms with Crippen LogP contribution in [-0.2, 0) is 4.74 Å². The molecule has 7 heteroatoms. The molecule has 22 heavy (non-hydrogen) atoms. The normalized spacial score (nSPS) is 15.7. The highest BCUT2D eigenvalue weighted by atomic mass is 35.5. The zero-order valence-corrected chi connectivity index (χ0v) is 14.8. The lowest BCUT2D eigenvalue weighted by molar-refractivity contribution is 0.0302. The van der Waals surface area contributed by atoms with E-state index in [0.717, 1.165) is 6.54 Å². The van der Waals surface area contributed by atoms with E-state index < -0.39 is 0 Å². The first-order valence-electron chi connectivity index (χ1n) is 7.24. The van der Waals surface area contributed by atoms with E-state index in [2.05, 4.69) is 30.4 Å². The Morgan fingerprint density at radius 1 is 1.50 bits per heavy atom. The Hall–Kier alpha value is -0.980. The van der Waals surface area contributed by atoms with Crippen molar-refractivity contribution in [3.63, 3.8) is 0 Å². The molecule has 1 amide bonds. The van der Waals surface area contributed by atoms with Gasteiger partial charge in [-0.05, 0) is 26.2 Å². The van der Waals surface area contributed by atoms with Gasteiger partial charge >= 0.3 is 0 Å². The Kier molecular flexibility index (Phi) is 5.94. The summed E-state index contributed by atoms with van der Waals surface area (Å²) in [5.41, 5.74) is 0.515. The van der Waals surface area contributed by atoms with E-state index in [1.165, 1.54) is 0 Å². The van der Waals surface area contributed by atoms with Crippen molar-refractivity contribution >= 4 is 35.1 Å². The van der Waals surface area contributed by atoms with Gasteiger partial charge in [0.15, 0.2) is 0 Å². The van der Waals surface area contributed by atoms with Crippen LogP contribution < -0.4 is 5.32 Å². The molecule has 1 aromatic heterocycles. The molecule has 0 radical (unpaired) electrons. The van der Waals surface area contributed by atoms with E-state index in [-0.39, 0.29) is 10.7 Å². The molecule has 122 valence electrons. The van der Waals surface area contributed by atoms with Gasteiger partial charge in [0.25, 0.3) is 5.91 Å². The van der Waals surface area contributed by atoms with Crippen LogP contribution in [0.4, 0.5) is 5.82 Å². The number of aromatic nitrogens is 1. The predicted octanol–water partition coefficient (Wildman–Crippen LogP) is 2.76. The standard InChI is InChI=1S/C15H22ClN3O2S/c1-15(2,22-3)10-18-13-12(16)8-11(9-17-13)14(20)19-4-6-21-7-5-19/h8-9H,4-7,10H2,1-3H3,(H,17,18). The molecule has 1 aliphatic heterocycles. The van der Waals surface area contributed by atoms with Gasteiger partial charge in [-0.2, -0.15) is 11.8 Å². The van der Waals surface area contributed by atoms with E-state index in [4.69, 9.17) is 16.3 Å². The third-order valence-corrected chi connectivity index (χ3v) is 5.16. The Morgan fingerprint density at radius 2 is 2.18 bits per heavy atom. The van der Waals surface area contributed by atoms with Gasteiger partial charge in [-0.3, -0.25) is 4.79 Å². The SMILES string of the molecule is CSC(C)(C)CNc1ncc(C(=O)N2CCOCC2)cc1Cl. The smallest absolute Gasteiger partial charge is 0.255 e. The van der Waals surface area contributed by atoms with Crippen molar-refractivity contribution in [3.05, 3.63) is 22.8 Å². The van der Waals surface area contributed by atoms with Crippen molar-refractivity contribution in [2.45, 2.75) is 18.6 Å². The summed E-state index contributed by atoms with van der Waals surface area (Å²) in [7, 11) is 0. The van der Waals surface area contributed by atoms with Gasteiger partial charge in [0.2, 0.25) is 0 Å². The van der Waals surface area contributed by atoms with Crippen molar-refractivity contribution in [1.29, 1.82) is 0 Å². The lowest BCUT2D eigenvalue weighted by Gasteiger charge is -2.27. The first kappa shape index (κ1) is 17.4. The molecule has 0 aromatic carbocycles. The molecule has 2 heterocycles. The minimum Gasteiger partial charge on any atom is -0.378 e. The molecule has 0 saturated carbocycles. The van der Waals surface area contributed by atoms with Gasteiger partial charge in [0.05, 0.1) is 23.8 Å². The number of nitrogens with zero attached hydrogens (tertiary/aromatic N) is 2. The van der Waals surface area contributed by atoms with Gasteiger partial charge in [0.1, 0.15) is 5.82 Å². The van der Waals surface area contributed by atoms with Crippen LogP contribution in [0.2, 0.25) is 5.02 Å². The van der Waals surface area contributed by atoms with Gasteiger partial charge in [-0.25, -0.2) is 4.98 Å². The second kappa shape index (κ2) is 7.53. The quantitative estimate of drug-likeness (QED) is 0.891. The number of rotatable bonds is 5. The van der Waals surface area contributed by atoms with Crippen molar-refractivity contribution in [2.75, 3.05) is 44.4 Å². The largest absolute Gasteiger partial charge is 0.378 e. The molecule has 5 nitrogen and oxygen atoms in total. The number of morpholine rings is 1. The predicted molar refractivity (Wildman–Crippen MR) is 92.1 cm³/mol. The van der Waals surface area contributed by atoms with Crippen molar-refractivity contribution in [1.82, 2.24) is 9.88 Å². The second-order valence-corrected chi connectivity index (χ2v) is 7.70. The zero-order chi connectivity index (χ0) is 16.2. The van der Waals surface area contributed by atoms with Crippen LogP contribution in [0, 0.1) is 0 Å². The van der Waals surface area contributed by atoms with Gasteiger partial charge < -0.3 is 15.0 Å². The lowest BCUT2D eigenvalue weighted by atomic mass is 10.2. The molecular weight excluding hydrogens is 322 g/mol. The molecule has 0 unspecified atom stereocenters. The number of nitrogens with one attached hydrogen (secondary N) is 1. The number of amides is 1. The van der Waals surface area contributed by atoms with E-state index in [0.29, 0.717) is 42.7 Å². The lowest BCUT2D eigenvalue weighted by Crippen LogP contribution is -2.40. The number of carbonyl (C=O) groups is 1. The Balaban J connectivity index is 2.04. The fourth-order valence-corrected chi connectivity index (χ4v) is 2.45. The van der Waals surface area contributed by atoms with Crippen LogP contribution in [-0.4, -0.2) is 59.6 Å². The molecule has 1 aliphatic rings. The van der Waals surface area contributed by atoms with Crippen LogP contribution in [0.5, 0.6) is 0 Å². The molecule has 0 aliphatic carbocycles. The summed E-state index contributed by atoms with van der Waals surface area (Å²) < 4.78 is 5.35. The fraction of sp³-hybridized carbons (Fsp3) is 0.600. The highest BCUT2D eigenvalue weighted by Crippen LogP contribution is 2.25. The Labute approximate surface area is 140 Å². The Bertz CT molecular complexity index is 534. The number of hydrogen-bond donors (Lipinski definition) is 1. The average molecular weight is 344 g/mol. The number of anilines is 1. The summed E-state index contributed by atoms with van der Waals surface area (Å²) in [6, 6.07) is 1.68. The third kappa shape index (κ3) is 4.51. The van der Waals surface area contributed by atoms with E-state index in [1.807, 2.05) is 0 Å². The molecule has 1 N–H and O–H groups in total. The highest BCUT2D eigenvalue weighted by Gasteiger charge is 2.20. The summed E-state index contributed by atoms with van der Waals surface area (Å²) in [4.78, 5) is 18.4. The number of carbonyl (C=O) groups excluding carboxylic acids is 1. The summed E-state index contributed by atoms with van der Waals surface area (Å²) in [5, 5.41) is 3.71. The second-order valence-electron chi connectivity index (χ2n) is 5.78. The molecule has 1 aromatic rings.